The second-order valence-electron chi connectivity index (χ2n) is 6.71. The Kier molecular flexibility index (Phi) is 5.95. The zero-order valence-corrected chi connectivity index (χ0v) is 14.3. The minimum absolute atomic E-state index is 0.170. The summed E-state index contributed by atoms with van der Waals surface area (Å²) in [6.07, 6.45) is 6.36. The summed E-state index contributed by atoms with van der Waals surface area (Å²) in [4.78, 5) is 0. The summed E-state index contributed by atoms with van der Waals surface area (Å²) in [5.74, 6) is 1.65. The highest BCUT2D eigenvalue weighted by atomic mass is 35.5. The van der Waals surface area contributed by atoms with E-state index in [4.69, 9.17) is 16.3 Å². The van der Waals surface area contributed by atoms with Crippen LogP contribution >= 0.6 is 11.6 Å². The van der Waals surface area contributed by atoms with Gasteiger partial charge in [-0.15, -0.1) is 0 Å². The maximum Gasteiger partial charge on any atom is 0.122 e. The Labute approximate surface area is 134 Å². The molecule has 0 aliphatic heterocycles. The van der Waals surface area contributed by atoms with E-state index in [1.165, 1.54) is 37.7 Å². The van der Waals surface area contributed by atoms with E-state index in [2.05, 4.69) is 25.2 Å². The number of methoxy groups -OCH3 is 1. The summed E-state index contributed by atoms with van der Waals surface area (Å²) in [7, 11) is 1.75. The zero-order chi connectivity index (χ0) is 15.3. The fourth-order valence-electron chi connectivity index (χ4n) is 3.46. The number of rotatable bonds is 6. The molecule has 118 valence electrons. The van der Waals surface area contributed by atoms with Gasteiger partial charge in [0.15, 0.2) is 0 Å². The molecule has 3 heteroatoms. The van der Waals surface area contributed by atoms with Crippen molar-refractivity contribution in [2.24, 2.45) is 5.92 Å². The molecule has 1 N–H and O–H groups in total. The number of nitrogens with one attached hydrogen (secondary N) is 1. The Balaban J connectivity index is 2.28. The average Bonchev–Trinajstić information content (AvgIpc) is 2.48. The molecule has 0 saturated heterocycles. The molecule has 1 aliphatic rings. The highest BCUT2D eigenvalue weighted by Gasteiger charge is 2.36. The molecule has 0 bridgehead atoms. The summed E-state index contributed by atoms with van der Waals surface area (Å²) < 4.78 is 5.62. The molecule has 0 unspecified atom stereocenters. The van der Waals surface area contributed by atoms with Crippen LogP contribution in [-0.2, 0) is 5.41 Å². The van der Waals surface area contributed by atoms with E-state index in [0.29, 0.717) is 5.92 Å². The molecule has 0 atom stereocenters. The van der Waals surface area contributed by atoms with Gasteiger partial charge in [-0.3, -0.25) is 0 Å². The van der Waals surface area contributed by atoms with Crippen molar-refractivity contribution >= 4 is 11.6 Å². The van der Waals surface area contributed by atoms with Crippen molar-refractivity contribution in [1.82, 2.24) is 5.32 Å². The van der Waals surface area contributed by atoms with Gasteiger partial charge in [-0.05, 0) is 43.5 Å². The molecule has 1 fully saturated rings. The van der Waals surface area contributed by atoms with Gasteiger partial charge in [0.1, 0.15) is 5.75 Å². The molecular weight excluding hydrogens is 282 g/mol. The molecule has 1 aromatic carbocycles. The second-order valence-corrected chi connectivity index (χ2v) is 7.15. The third-order valence-corrected chi connectivity index (χ3v) is 4.79. The standard InChI is InChI=1S/C18H28ClNO/c1-14(2)12-20-13-18(9-5-4-6-10-18)16-11-15(19)7-8-17(16)21-3/h7-8,11,14,20H,4-6,9-10,12-13H2,1-3H3. The molecule has 2 nitrogen and oxygen atoms in total. The van der Waals surface area contributed by atoms with Crippen molar-refractivity contribution < 1.29 is 4.74 Å². The van der Waals surface area contributed by atoms with Crippen LogP contribution in [0.5, 0.6) is 5.75 Å². The van der Waals surface area contributed by atoms with E-state index in [0.717, 1.165) is 23.9 Å². The quantitative estimate of drug-likeness (QED) is 0.815. The lowest BCUT2D eigenvalue weighted by Gasteiger charge is -2.39. The Morgan fingerprint density at radius 2 is 1.95 bits per heavy atom. The molecule has 0 amide bonds. The van der Waals surface area contributed by atoms with E-state index in [9.17, 15) is 0 Å². The van der Waals surface area contributed by atoms with Crippen LogP contribution < -0.4 is 10.1 Å². The van der Waals surface area contributed by atoms with Gasteiger partial charge in [-0.1, -0.05) is 44.7 Å². The van der Waals surface area contributed by atoms with Crippen molar-refractivity contribution in [2.45, 2.75) is 51.4 Å². The summed E-state index contributed by atoms with van der Waals surface area (Å²) >= 11 is 6.26. The summed E-state index contributed by atoms with van der Waals surface area (Å²) in [5, 5.41) is 4.47. The van der Waals surface area contributed by atoms with Gasteiger partial charge in [-0.2, -0.15) is 0 Å². The lowest BCUT2D eigenvalue weighted by molar-refractivity contribution is 0.266. The summed E-state index contributed by atoms with van der Waals surface area (Å²) in [5.41, 5.74) is 1.46. The van der Waals surface area contributed by atoms with Crippen molar-refractivity contribution in [3.05, 3.63) is 28.8 Å². The zero-order valence-electron chi connectivity index (χ0n) is 13.5. The molecular formula is C18H28ClNO. The van der Waals surface area contributed by atoms with Crippen molar-refractivity contribution in [2.75, 3.05) is 20.2 Å². The van der Waals surface area contributed by atoms with Crippen LogP contribution in [0, 0.1) is 5.92 Å². The van der Waals surface area contributed by atoms with Crippen LogP contribution in [0.3, 0.4) is 0 Å². The summed E-state index contributed by atoms with van der Waals surface area (Å²) in [6.45, 7) is 6.58. The van der Waals surface area contributed by atoms with E-state index in [1.807, 2.05) is 12.1 Å². The first-order valence-electron chi connectivity index (χ1n) is 8.12. The van der Waals surface area contributed by atoms with E-state index < -0.39 is 0 Å². The van der Waals surface area contributed by atoms with Crippen molar-refractivity contribution in [3.8, 4) is 5.75 Å². The Hall–Kier alpha value is -0.730. The van der Waals surface area contributed by atoms with Gasteiger partial charge in [-0.25, -0.2) is 0 Å². The third kappa shape index (κ3) is 4.14. The van der Waals surface area contributed by atoms with Gasteiger partial charge in [0.25, 0.3) is 0 Å². The number of hydrogen-bond donors (Lipinski definition) is 1. The minimum Gasteiger partial charge on any atom is -0.496 e. The first-order valence-corrected chi connectivity index (χ1v) is 8.50. The highest BCUT2D eigenvalue weighted by Crippen LogP contribution is 2.43. The average molecular weight is 310 g/mol. The minimum atomic E-state index is 0.170. The van der Waals surface area contributed by atoms with Crippen LogP contribution in [0.4, 0.5) is 0 Å². The van der Waals surface area contributed by atoms with Crippen LogP contribution in [0.15, 0.2) is 18.2 Å². The van der Waals surface area contributed by atoms with Gasteiger partial charge < -0.3 is 10.1 Å². The summed E-state index contributed by atoms with van der Waals surface area (Å²) in [6, 6.07) is 6.04. The smallest absolute Gasteiger partial charge is 0.122 e. The maximum atomic E-state index is 6.26. The van der Waals surface area contributed by atoms with Crippen molar-refractivity contribution in [1.29, 1.82) is 0 Å². The van der Waals surface area contributed by atoms with Crippen LogP contribution in [-0.4, -0.2) is 20.2 Å². The molecule has 1 saturated carbocycles. The molecule has 0 heterocycles. The van der Waals surface area contributed by atoms with Gasteiger partial charge in [0, 0.05) is 22.5 Å². The fourth-order valence-corrected chi connectivity index (χ4v) is 3.64. The monoisotopic (exact) mass is 309 g/mol. The Morgan fingerprint density at radius 3 is 2.57 bits per heavy atom. The topological polar surface area (TPSA) is 21.3 Å². The maximum absolute atomic E-state index is 6.26. The SMILES string of the molecule is COc1ccc(Cl)cc1C1(CNCC(C)C)CCCCC1. The first-order chi connectivity index (χ1) is 10.1. The molecule has 0 radical (unpaired) electrons. The van der Waals surface area contributed by atoms with Gasteiger partial charge in [0.05, 0.1) is 7.11 Å². The van der Waals surface area contributed by atoms with E-state index in [1.54, 1.807) is 7.11 Å². The van der Waals surface area contributed by atoms with Gasteiger partial charge >= 0.3 is 0 Å². The number of halogens is 1. The predicted octanol–water partition coefficient (Wildman–Crippen LogP) is 4.80. The Bertz CT molecular complexity index is 453. The Morgan fingerprint density at radius 1 is 1.24 bits per heavy atom. The second kappa shape index (κ2) is 7.51. The normalized spacial score (nSPS) is 18.0. The largest absolute Gasteiger partial charge is 0.496 e. The molecule has 1 aromatic rings. The molecule has 2 rings (SSSR count). The lowest BCUT2D eigenvalue weighted by atomic mass is 9.69. The first kappa shape index (κ1) is 16.6. The number of benzene rings is 1. The molecule has 0 spiro atoms. The van der Waals surface area contributed by atoms with Gasteiger partial charge in [0.2, 0.25) is 0 Å². The number of hydrogen-bond acceptors (Lipinski definition) is 2. The third-order valence-electron chi connectivity index (χ3n) is 4.56. The number of ether oxygens (including phenoxy) is 1. The van der Waals surface area contributed by atoms with E-state index in [-0.39, 0.29) is 5.41 Å². The van der Waals surface area contributed by atoms with Crippen LogP contribution in [0.2, 0.25) is 5.02 Å². The fraction of sp³-hybridized carbons (Fsp3) is 0.667. The molecule has 1 aliphatic carbocycles. The lowest BCUT2D eigenvalue weighted by Crippen LogP contribution is -2.41. The molecule has 21 heavy (non-hydrogen) atoms. The van der Waals surface area contributed by atoms with Crippen LogP contribution in [0.25, 0.3) is 0 Å². The van der Waals surface area contributed by atoms with Crippen LogP contribution in [0.1, 0.15) is 51.5 Å². The van der Waals surface area contributed by atoms with Crippen molar-refractivity contribution in [3.63, 3.8) is 0 Å². The highest BCUT2D eigenvalue weighted by molar-refractivity contribution is 6.30. The van der Waals surface area contributed by atoms with E-state index >= 15 is 0 Å². The molecule has 0 aromatic heterocycles. The predicted molar refractivity (Wildman–Crippen MR) is 90.5 cm³/mol.